The van der Waals surface area contributed by atoms with Crippen LogP contribution < -0.4 is 4.74 Å². The number of carbonyl (C=O) groups is 2. The van der Waals surface area contributed by atoms with Gasteiger partial charge in [-0.25, -0.2) is 4.79 Å². The quantitative estimate of drug-likeness (QED) is 0.496. The zero-order chi connectivity index (χ0) is 21.3. The molecule has 2 saturated heterocycles. The first-order chi connectivity index (χ1) is 14.3. The summed E-state index contributed by atoms with van der Waals surface area (Å²) in [5, 5.41) is 0. The number of benzene rings is 1. The van der Waals surface area contributed by atoms with Crippen molar-refractivity contribution in [3.8, 4) is 5.75 Å². The lowest BCUT2D eigenvalue weighted by Crippen LogP contribution is -2.56. The molecule has 30 heavy (non-hydrogen) atoms. The molecule has 1 aliphatic carbocycles. The maximum absolute atomic E-state index is 12.5. The van der Waals surface area contributed by atoms with Gasteiger partial charge >= 0.3 is 6.09 Å². The Balaban J connectivity index is 1.19. The standard InChI is InChI=1S/C24H34N2O4/c1-24(2,3)30-23(28)26-19-9-10-20(26)16-25(15-19)13-4-14-29-21-11-7-18(8-12-21)22(27)17-5-6-17/h7-8,11-12,17,19-20H,4-6,9-10,13-16H2,1-3H3. The van der Waals surface area contributed by atoms with E-state index in [1.54, 1.807) is 0 Å². The van der Waals surface area contributed by atoms with E-state index in [-0.39, 0.29) is 29.9 Å². The van der Waals surface area contributed by atoms with Gasteiger partial charge in [0, 0.05) is 43.2 Å². The molecule has 1 amide bonds. The van der Waals surface area contributed by atoms with E-state index >= 15 is 0 Å². The summed E-state index contributed by atoms with van der Waals surface area (Å²) in [5.41, 5.74) is 0.345. The summed E-state index contributed by atoms with van der Waals surface area (Å²) in [6, 6.07) is 8.07. The minimum absolute atomic E-state index is 0.165. The van der Waals surface area contributed by atoms with Crippen LogP contribution in [0.5, 0.6) is 5.75 Å². The number of hydrogen-bond donors (Lipinski definition) is 0. The molecule has 2 heterocycles. The van der Waals surface area contributed by atoms with Gasteiger partial charge in [-0.3, -0.25) is 14.6 Å². The second-order valence-corrected chi connectivity index (χ2v) is 9.90. The van der Waals surface area contributed by atoms with E-state index in [2.05, 4.69) is 4.90 Å². The number of Topliss-reactive ketones (excluding diaryl/α,β-unsaturated/α-hetero) is 1. The van der Waals surface area contributed by atoms with E-state index in [0.29, 0.717) is 6.61 Å². The third-order valence-corrected chi connectivity index (χ3v) is 6.14. The third-order valence-electron chi connectivity index (χ3n) is 6.14. The van der Waals surface area contributed by atoms with Crippen molar-refractivity contribution in [1.82, 2.24) is 9.80 Å². The van der Waals surface area contributed by atoms with Crippen LogP contribution in [-0.4, -0.2) is 65.6 Å². The van der Waals surface area contributed by atoms with Crippen LogP contribution in [0.15, 0.2) is 24.3 Å². The maximum Gasteiger partial charge on any atom is 0.410 e. The Morgan fingerprint density at radius 2 is 1.63 bits per heavy atom. The molecule has 4 rings (SSSR count). The Labute approximate surface area is 179 Å². The first-order valence-electron chi connectivity index (χ1n) is 11.3. The Kier molecular flexibility index (Phi) is 6.05. The molecular weight excluding hydrogens is 380 g/mol. The minimum Gasteiger partial charge on any atom is -0.494 e. The van der Waals surface area contributed by atoms with Gasteiger partial charge in [0.15, 0.2) is 5.78 Å². The summed E-state index contributed by atoms with van der Waals surface area (Å²) in [5.74, 6) is 1.33. The van der Waals surface area contributed by atoms with Gasteiger partial charge in [-0.1, -0.05) is 0 Å². The summed E-state index contributed by atoms with van der Waals surface area (Å²) in [6.45, 7) is 9.19. The van der Waals surface area contributed by atoms with Gasteiger partial charge in [0.25, 0.3) is 0 Å². The molecule has 0 N–H and O–H groups in total. The first kappa shape index (κ1) is 21.2. The van der Waals surface area contributed by atoms with Crippen molar-refractivity contribution in [2.24, 2.45) is 5.92 Å². The predicted molar refractivity (Wildman–Crippen MR) is 115 cm³/mol. The fourth-order valence-corrected chi connectivity index (χ4v) is 4.56. The molecule has 3 fully saturated rings. The van der Waals surface area contributed by atoms with Crippen molar-refractivity contribution >= 4 is 11.9 Å². The first-order valence-corrected chi connectivity index (χ1v) is 11.3. The number of ether oxygens (including phenoxy) is 2. The third kappa shape index (κ3) is 5.15. The summed E-state index contributed by atoms with van der Waals surface area (Å²) < 4.78 is 11.5. The molecule has 6 nitrogen and oxygen atoms in total. The molecule has 2 bridgehead atoms. The number of ketones is 1. The number of rotatable bonds is 7. The van der Waals surface area contributed by atoms with Crippen molar-refractivity contribution in [2.75, 3.05) is 26.2 Å². The van der Waals surface area contributed by atoms with Crippen LogP contribution in [0.4, 0.5) is 4.79 Å². The normalized spacial score (nSPS) is 24.0. The highest BCUT2D eigenvalue weighted by atomic mass is 16.6. The number of piperazine rings is 1. The molecule has 2 aliphatic heterocycles. The van der Waals surface area contributed by atoms with Crippen LogP contribution in [0.25, 0.3) is 0 Å². The fourth-order valence-electron chi connectivity index (χ4n) is 4.56. The Morgan fingerprint density at radius 3 is 2.20 bits per heavy atom. The van der Waals surface area contributed by atoms with E-state index in [4.69, 9.17) is 9.47 Å². The van der Waals surface area contributed by atoms with Gasteiger partial charge in [-0.05, 0) is 77.1 Å². The molecule has 1 aromatic carbocycles. The van der Waals surface area contributed by atoms with Gasteiger partial charge < -0.3 is 9.47 Å². The molecule has 1 aromatic rings. The largest absolute Gasteiger partial charge is 0.494 e. The van der Waals surface area contributed by atoms with Gasteiger partial charge in [-0.2, -0.15) is 0 Å². The predicted octanol–water partition coefficient (Wildman–Crippen LogP) is 4.13. The van der Waals surface area contributed by atoms with E-state index in [1.165, 1.54) is 0 Å². The highest BCUT2D eigenvalue weighted by Gasteiger charge is 2.44. The molecule has 164 valence electrons. The average molecular weight is 415 g/mol. The van der Waals surface area contributed by atoms with Gasteiger partial charge in [0.1, 0.15) is 11.4 Å². The molecular formula is C24H34N2O4. The van der Waals surface area contributed by atoms with E-state index < -0.39 is 5.60 Å². The summed E-state index contributed by atoms with van der Waals surface area (Å²) in [7, 11) is 0. The highest BCUT2D eigenvalue weighted by molar-refractivity contribution is 5.99. The molecule has 2 atom stereocenters. The molecule has 0 radical (unpaired) electrons. The monoisotopic (exact) mass is 414 g/mol. The van der Waals surface area contributed by atoms with Crippen LogP contribution >= 0.6 is 0 Å². The molecule has 1 saturated carbocycles. The van der Waals surface area contributed by atoms with Gasteiger partial charge in [-0.15, -0.1) is 0 Å². The van der Waals surface area contributed by atoms with Crippen molar-refractivity contribution in [3.63, 3.8) is 0 Å². The topological polar surface area (TPSA) is 59.1 Å². The zero-order valence-corrected chi connectivity index (χ0v) is 18.4. The van der Waals surface area contributed by atoms with Crippen LogP contribution in [0, 0.1) is 5.92 Å². The summed E-state index contributed by atoms with van der Waals surface area (Å²) >= 11 is 0. The van der Waals surface area contributed by atoms with Crippen LogP contribution in [0.1, 0.15) is 63.2 Å². The number of amides is 1. The second kappa shape index (κ2) is 8.58. The van der Waals surface area contributed by atoms with E-state index in [9.17, 15) is 9.59 Å². The Hall–Kier alpha value is -2.08. The number of hydrogen-bond acceptors (Lipinski definition) is 5. The summed E-state index contributed by atoms with van der Waals surface area (Å²) in [4.78, 5) is 29.0. The van der Waals surface area contributed by atoms with Crippen molar-refractivity contribution in [2.45, 2.75) is 70.6 Å². The van der Waals surface area contributed by atoms with Gasteiger partial charge in [0.05, 0.1) is 6.61 Å². The van der Waals surface area contributed by atoms with Crippen molar-refractivity contribution in [3.05, 3.63) is 29.8 Å². The smallest absolute Gasteiger partial charge is 0.410 e. The van der Waals surface area contributed by atoms with Crippen LogP contribution in [0.3, 0.4) is 0 Å². The van der Waals surface area contributed by atoms with Crippen LogP contribution in [-0.2, 0) is 4.74 Å². The zero-order valence-electron chi connectivity index (χ0n) is 18.4. The number of likely N-dealkylation sites (tertiary alicyclic amines) is 1. The Bertz CT molecular complexity index is 752. The van der Waals surface area contributed by atoms with Crippen molar-refractivity contribution < 1.29 is 19.1 Å². The lowest BCUT2D eigenvalue weighted by atomic mass is 10.1. The number of nitrogens with zero attached hydrogens (tertiary/aromatic N) is 2. The number of fused-ring (bicyclic) bond motifs is 2. The molecule has 0 spiro atoms. The molecule has 6 heteroatoms. The molecule has 2 unspecified atom stereocenters. The summed E-state index contributed by atoms with van der Waals surface area (Å²) in [6.07, 6.45) is 4.96. The lowest BCUT2D eigenvalue weighted by molar-refractivity contribution is -0.00484. The van der Waals surface area contributed by atoms with E-state index in [1.807, 2.05) is 49.9 Å². The average Bonchev–Trinajstić information content (AvgIpc) is 3.49. The Morgan fingerprint density at radius 1 is 1.00 bits per heavy atom. The SMILES string of the molecule is CC(C)(C)OC(=O)N1C2CCC1CN(CCCOc1ccc(C(=O)C3CC3)cc1)C2. The molecule has 3 aliphatic rings. The molecule has 0 aromatic heterocycles. The van der Waals surface area contributed by atoms with Crippen molar-refractivity contribution in [1.29, 1.82) is 0 Å². The van der Waals surface area contributed by atoms with Crippen LogP contribution in [0.2, 0.25) is 0 Å². The van der Waals surface area contributed by atoms with Gasteiger partial charge in [0.2, 0.25) is 0 Å². The second-order valence-electron chi connectivity index (χ2n) is 9.90. The lowest BCUT2D eigenvalue weighted by Gasteiger charge is -2.41. The number of carbonyl (C=O) groups excluding carboxylic acids is 2. The van der Waals surface area contributed by atoms with E-state index in [0.717, 1.165) is 63.1 Å². The fraction of sp³-hybridized carbons (Fsp3) is 0.667. The minimum atomic E-state index is -0.450. The highest BCUT2D eigenvalue weighted by Crippen LogP contribution is 2.33. The maximum atomic E-state index is 12.5.